The summed E-state index contributed by atoms with van der Waals surface area (Å²) < 4.78 is 33.9. The molecular weight excluding hydrogens is 510 g/mol. The van der Waals surface area contributed by atoms with Crippen LogP contribution in [0, 0.1) is 23.5 Å². The van der Waals surface area contributed by atoms with E-state index in [0.29, 0.717) is 17.0 Å². The third-order valence-corrected chi connectivity index (χ3v) is 8.16. The highest BCUT2D eigenvalue weighted by Crippen LogP contribution is 2.42. The first kappa shape index (κ1) is 28.0. The Balaban J connectivity index is 1.09. The van der Waals surface area contributed by atoms with E-state index in [1.807, 2.05) is 0 Å². The van der Waals surface area contributed by atoms with Crippen molar-refractivity contribution >= 4 is 11.9 Å². The lowest BCUT2D eigenvalue weighted by atomic mass is 9.98. The van der Waals surface area contributed by atoms with Crippen molar-refractivity contribution in [1.82, 2.24) is 10.2 Å². The number of likely N-dealkylation sites (tertiary alicyclic amines) is 1. The number of amides is 1. The number of halogens is 2. The Bertz CT molecular complexity index is 1350. The van der Waals surface area contributed by atoms with E-state index in [4.69, 9.17) is 0 Å². The van der Waals surface area contributed by atoms with Crippen molar-refractivity contribution in [2.45, 2.75) is 51.6 Å². The standard InChI is InChI=1S/C33H36F2N2O3/c1-40-33(39)31-27(6-5-7-29(31)34)25-14-15-26(30(35)19-25)20-36-32(38)28-18-24(28)13-12-22-8-10-23(11-9-22)21-37-16-3-2-4-17-37/h5-11,14-15,19,24,28H,2-4,12-13,16-18,20-21H2,1H3,(H,36,38). The maximum absolute atomic E-state index is 14.9. The minimum atomic E-state index is -0.825. The Labute approximate surface area is 234 Å². The van der Waals surface area contributed by atoms with E-state index in [0.717, 1.165) is 31.9 Å². The van der Waals surface area contributed by atoms with E-state index >= 15 is 0 Å². The van der Waals surface area contributed by atoms with Crippen LogP contribution in [-0.2, 0) is 29.0 Å². The topological polar surface area (TPSA) is 58.6 Å². The quantitative estimate of drug-likeness (QED) is 0.304. The van der Waals surface area contributed by atoms with Crippen molar-refractivity contribution in [2.24, 2.45) is 11.8 Å². The largest absolute Gasteiger partial charge is 0.465 e. The fourth-order valence-corrected chi connectivity index (χ4v) is 5.67. The Hall–Kier alpha value is -3.58. The molecule has 3 aromatic carbocycles. The van der Waals surface area contributed by atoms with Gasteiger partial charge >= 0.3 is 5.97 Å². The van der Waals surface area contributed by atoms with Gasteiger partial charge in [0.1, 0.15) is 17.2 Å². The van der Waals surface area contributed by atoms with Gasteiger partial charge in [0.05, 0.1) is 7.11 Å². The van der Waals surface area contributed by atoms with Gasteiger partial charge in [-0.05, 0) is 85.5 Å². The van der Waals surface area contributed by atoms with Crippen LogP contribution in [-0.4, -0.2) is 37.0 Å². The first-order valence-corrected chi connectivity index (χ1v) is 14.2. The molecule has 1 N–H and O–H groups in total. The van der Waals surface area contributed by atoms with Crippen LogP contribution < -0.4 is 5.32 Å². The van der Waals surface area contributed by atoms with Gasteiger partial charge in [-0.3, -0.25) is 9.69 Å². The predicted molar refractivity (Wildman–Crippen MR) is 150 cm³/mol. The van der Waals surface area contributed by atoms with Crippen molar-refractivity contribution in [1.29, 1.82) is 0 Å². The van der Waals surface area contributed by atoms with Crippen molar-refractivity contribution < 1.29 is 23.1 Å². The molecule has 1 heterocycles. The predicted octanol–water partition coefficient (Wildman–Crippen LogP) is 6.29. The first-order chi connectivity index (χ1) is 19.4. The van der Waals surface area contributed by atoms with E-state index in [-0.39, 0.29) is 29.5 Å². The van der Waals surface area contributed by atoms with Gasteiger partial charge in [-0.25, -0.2) is 13.6 Å². The third kappa shape index (κ3) is 6.76. The van der Waals surface area contributed by atoms with Crippen LogP contribution in [0.1, 0.15) is 59.2 Å². The summed E-state index contributed by atoms with van der Waals surface area (Å²) in [5.41, 5.74) is 3.35. The highest BCUT2D eigenvalue weighted by Gasteiger charge is 2.42. The number of rotatable bonds is 10. The van der Waals surface area contributed by atoms with Crippen molar-refractivity contribution in [3.05, 3.63) is 94.6 Å². The fourth-order valence-electron chi connectivity index (χ4n) is 5.67. The Morgan fingerprint density at radius 1 is 0.950 bits per heavy atom. The highest BCUT2D eigenvalue weighted by molar-refractivity contribution is 5.97. The number of hydrogen-bond acceptors (Lipinski definition) is 4. The van der Waals surface area contributed by atoms with E-state index in [1.165, 1.54) is 62.7 Å². The number of aryl methyl sites for hydroxylation is 1. The average molecular weight is 547 g/mol. The van der Waals surface area contributed by atoms with Gasteiger partial charge < -0.3 is 10.1 Å². The van der Waals surface area contributed by atoms with Crippen molar-refractivity contribution in [2.75, 3.05) is 20.2 Å². The van der Waals surface area contributed by atoms with Crippen LogP contribution in [0.25, 0.3) is 11.1 Å². The summed E-state index contributed by atoms with van der Waals surface area (Å²) >= 11 is 0. The molecule has 0 radical (unpaired) electrons. The molecule has 7 heteroatoms. The lowest BCUT2D eigenvalue weighted by Crippen LogP contribution is -2.29. The van der Waals surface area contributed by atoms with Gasteiger partial charge in [-0.15, -0.1) is 0 Å². The number of esters is 1. The van der Waals surface area contributed by atoms with Crippen LogP contribution in [0.5, 0.6) is 0 Å². The molecule has 5 rings (SSSR count). The lowest BCUT2D eigenvalue weighted by molar-refractivity contribution is -0.122. The molecule has 2 unspecified atom stereocenters. The normalized spacial score (nSPS) is 18.8. The summed E-state index contributed by atoms with van der Waals surface area (Å²) in [7, 11) is 1.17. The molecule has 2 fully saturated rings. The molecule has 3 aromatic rings. The van der Waals surface area contributed by atoms with Crippen molar-refractivity contribution in [3.8, 4) is 11.1 Å². The van der Waals surface area contributed by atoms with Crippen LogP contribution >= 0.6 is 0 Å². The van der Waals surface area contributed by atoms with E-state index < -0.39 is 17.6 Å². The number of nitrogens with zero attached hydrogens (tertiary/aromatic N) is 1. The molecule has 1 aliphatic carbocycles. The lowest BCUT2D eigenvalue weighted by Gasteiger charge is -2.26. The summed E-state index contributed by atoms with van der Waals surface area (Å²) in [4.78, 5) is 27.3. The molecular formula is C33H36F2N2O3. The Morgan fingerprint density at radius 2 is 1.70 bits per heavy atom. The summed E-state index contributed by atoms with van der Waals surface area (Å²) in [5, 5.41) is 2.87. The fraction of sp³-hybridized carbons (Fsp3) is 0.394. The maximum atomic E-state index is 14.9. The highest BCUT2D eigenvalue weighted by atomic mass is 19.1. The second-order valence-corrected chi connectivity index (χ2v) is 11.0. The van der Waals surface area contributed by atoms with Gasteiger partial charge in [0.15, 0.2) is 0 Å². The summed E-state index contributed by atoms with van der Waals surface area (Å²) in [6.45, 7) is 3.47. The molecule has 0 aromatic heterocycles. The van der Waals surface area contributed by atoms with Crippen LogP contribution in [0.3, 0.4) is 0 Å². The van der Waals surface area contributed by atoms with E-state index in [2.05, 4.69) is 39.2 Å². The molecule has 2 atom stereocenters. The summed E-state index contributed by atoms with van der Waals surface area (Å²) in [5.74, 6) is -1.82. The third-order valence-electron chi connectivity index (χ3n) is 8.16. The minimum absolute atomic E-state index is 0.0318. The number of piperidine rings is 1. The number of methoxy groups -OCH3 is 1. The van der Waals surface area contributed by atoms with Gasteiger partial charge in [0.25, 0.3) is 0 Å². The zero-order valence-corrected chi connectivity index (χ0v) is 22.9. The average Bonchev–Trinajstić information content (AvgIpc) is 3.76. The molecule has 2 aliphatic rings. The molecule has 0 bridgehead atoms. The number of carbonyl (C=O) groups excluding carboxylic acids is 2. The summed E-state index contributed by atoms with van der Waals surface area (Å²) in [6, 6.07) is 17.5. The monoisotopic (exact) mass is 546 g/mol. The second-order valence-electron chi connectivity index (χ2n) is 11.0. The van der Waals surface area contributed by atoms with E-state index in [9.17, 15) is 18.4 Å². The number of ether oxygens (including phenoxy) is 1. The molecule has 1 amide bonds. The molecule has 40 heavy (non-hydrogen) atoms. The zero-order valence-electron chi connectivity index (χ0n) is 22.9. The van der Waals surface area contributed by atoms with Crippen LogP contribution in [0.15, 0.2) is 60.7 Å². The second kappa shape index (κ2) is 12.7. The Morgan fingerprint density at radius 3 is 2.42 bits per heavy atom. The van der Waals surface area contributed by atoms with Gasteiger partial charge in [0, 0.05) is 24.6 Å². The van der Waals surface area contributed by atoms with Crippen molar-refractivity contribution in [3.63, 3.8) is 0 Å². The zero-order chi connectivity index (χ0) is 28.1. The number of benzene rings is 3. The first-order valence-electron chi connectivity index (χ1n) is 14.2. The van der Waals surface area contributed by atoms with E-state index in [1.54, 1.807) is 18.2 Å². The number of carbonyl (C=O) groups is 2. The molecule has 1 saturated carbocycles. The van der Waals surface area contributed by atoms with Gasteiger partial charge in [-0.2, -0.15) is 0 Å². The Kier molecular flexibility index (Phi) is 8.90. The molecule has 5 nitrogen and oxygen atoms in total. The number of hydrogen-bond donors (Lipinski definition) is 1. The van der Waals surface area contributed by atoms with Crippen LogP contribution in [0.4, 0.5) is 8.78 Å². The summed E-state index contributed by atoms with van der Waals surface area (Å²) in [6.07, 6.45) is 6.70. The smallest absolute Gasteiger partial charge is 0.341 e. The molecule has 210 valence electrons. The van der Waals surface area contributed by atoms with Gasteiger partial charge in [0.2, 0.25) is 5.91 Å². The maximum Gasteiger partial charge on any atom is 0.341 e. The minimum Gasteiger partial charge on any atom is -0.465 e. The van der Waals surface area contributed by atoms with Gasteiger partial charge in [-0.1, -0.05) is 55.0 Å². The SMILES string of the molecule is COC(=O)c1c(F)cccc1-c1ccc(CNC(=O)C2CC2CCc2ccc(CN3CCCCC3)cc2)c(F)c1. The molecule has 0 spiro atoms. The van der Waals surface area contributed by atoms with Crippen LogP contribution in [0.2, 0.25) is 0 Å². The molecule has 1 aliphatic heterocycles. The number of nitrogens with one attached hydrogen (secondary N) is 1. The molecule has 1 saturated heterocycles.